The molecule has 5 heteroatoms. The van der Waals surface area contributed by atoms with E-state index in [2.05, 4.69) is 4.98 Å². The molecule has 0 saturated heterocycles. The molecule has 0 bridgehead atoms. The van der Waals surface area contributed by atoms with E-state index in [1.165, 1.54) is 23.5 Å². The molecule has 0 fully saturated rings. The van der Waals surface area contributed by atoms with Crippen LogP contribution < -0.4 is 4.90 Å². The minimum absolute atomic E-state index is 0.224. The third-order valence-corrected chi connectivity index (χ3v) is 3.29. The van der Waals surface area contributed by atoms with Gasteiger partial charge in [0.05, 0.1) is 6.54 Å². The molecule has 16 heavy (non-hydrogen) atoms. The largest absolute Gasteiger partial charge is 0.369 e. The van der Waals surface area contributed by atoms with Gasteiger partial charge in [0, 0.05) is 23.8 Å². The van der Waals surface area contributed by atoms with Gasteiger partial charge in [-0.25, -0.2) is 9.37 Å². The zero-order chi connectivity index (χ0) is 11.5. The Morgan fingerprint density at radius 3 is 2.62 bits per heavy atom. The molecular weight excluding hydrogens is 247 g/mol. The number of halogens is 2. The number of hydrogen-bond acceptors (Lipinski definition) is 3. The third kappa shape index (κ3) is 2.71. The fourth-order valence-corrected chi connectivity index (χ4v) is 2.41. The normalized spacial score (nSPS) is 10.4. The Hall–Kier alpha value is -1.13. The van der Waals surface area contributed by atoms with Gasteiger partial charge in [0.25, 0.3) is 0 Å². The van der Waals surface area contributed by atoms with Crippen LogP contribution in [0.5, 0.6) is 0 Å². The molecule has 84 valence electrons. The van der Waals surface area contributed by atoms with E-state index in [0.29, 0.717) is 4.47 Å². The van der Waals surface area contributed by atoms with Crippen LogP contribution in [0.3, 0.4) is 0 Å². The predicted molar refractivity (Wildman–Crippen MR) is 65.6 cm³/mol. The van der Waals surface area contributed by atoms with Crippen LogP contribution in [0.4, 0.5) is 10.1 Å². The van der Waals surface area contributed by atoms with Gasteiger partial charge in [-0.2, -0.15) is 0 Å². The molecule has 0 spiro atoms. The van der Waals surface area contributed by atoms with E-state index in [0.717, 1.165) is 17.1 Å². The maximum atomic E-state index is 12.7. The first kappa shape index (κ1) is 11.4. The second-order valence-corrected chi connectivity index (χ2v) is 5.11. The summed E-state index contributed by atoms with van der Waals surface area (Å²) in [6.45, 7) is 0.718. The van der Waals surface area contributed by atoms with Gasteiger partial charge >= 0.3 is 0 Å². The molecule has 2 aromatic rings. The number of rotatable bonds is 3. The molecule has 2 rings (SSSR count). The lowest BCUT2D eigenvalue weighted by atomic mass is 10.3. The van der Waals surface area contributed by atoms with Crippen molar-refractivity contribution in [1.29, 1.82) is 0 Å². The lowest BCUT2D eigenvalue weighted by Gasteiger charge is -2.17. The molecule has 1 aromatic heterocycles. The highest BCUT2D eigenvalue weighted by Crippen LogP contribution is 2.21. The van der Waals surface area contributed by atoms with Crippen molar-refractivity contribution in [2.24, 2.45) is 0 Å². The Balaban J connectivity index is 2.08. The first-order chi connectivity index (χ1) is 7.65. The summed E-state index contributed by atoms with van der Waals surface area (Å²) in [6.07, 6.45) is 1.76. The monoisotopic (exact) mass is 256 g/mol. The average molecular weight is 257 g/mol. The first-order valence-corrected chi connectivity index (χ1v) is 5.91. The SMILES string of the molecule is CN(Cc1cnc(Cl)s1)c1ccc(F)cc1. The quantitative estimate of drug-likeness (QED) is 0.835. The van der Waals surface area contributed by atoms with Crippen LogP contribution in [0, 0.1) is 5.82 Å². The average Bonchev–Trinajstić information content (AvgIpc) is 2.65. The molecule has 0 aliphatic heterocycles. The molecule has 0 N–H and O–H groups in total. The summed E-state index contributed by atoms with van der Waals surface area (Å²) in [5.74, 6) is -0.224. The van der Waals surface area contributed by atoms with Crippen LogP contribution in [0.1, 0.15) is 4.88 Å². The van der Waals surface area contributed by atoms with Crippen molar-refractivity contribution in [3.63, 3.8) is 0 Å². The van der Waals surface area contributed by atoms with Crippen LogP contribution in [0.15, 0.2) is 30.5 Å². The van der Waals surface area contributed by atoms with Gasteiger partial charge < -0.3 is 4.90 Å². The number of nitrogens with zero attached hydrogens (tertiary/aromatic N) is 2. The second-order valence-electron chi connectivity index (χ2n) is 3.41. The fourth-order valence-electron chi connectivity index (χ4n) is 1.38. The van der Waals surface area contributed by atoms with Crippen LogP contribution in [-0.4, -0.2) is 12.0 Å². The zero-order valence-electron chi connectivity index (χ0n) is 8.65. The Bertz CT molecular complexity index is 469. The van der Waals surface area contributed by atoms with Crippen molar-refractivity contribution in [1.82, 2.24) is 4.98 Å². The molecular formula is C11H10ClFN2S. The summed E-state index contributed by atoms with van der Waals surface area (Å²) < 4.78 is 13.3. The Kier molecular flexibility index (Phi) is 3.41. The molecule has 0 saturated carbocycles. The summed E-state index contributed by atoms with van der Waals surface area (Å²) in [7, 11) is 1.95. The Labute approximate surface area is 102 Å². The van der Waals surface area contributed by atoms with Gasteiger partial charge in [-0.05, 0) is 24.3 Å². The van der Waals surface area contributed by atoms with Crippen LogP contribution >= 0.6 is 22.9 Å². The van der Waals surface area contributed by atoms with Crippen LogP contribution in [0.25, 0.3) is 0 Å². The van der Waals surface area contributed by atoms with Crippen molar-refractivity contribution in [2.45, 2.75) is 6.54 Å². The molecule has 1 heterocycles. The van der Waals surface area contributed by atoms with E-state index in [4.69, 9.17) is 11.6 Å². The van der Waals surface area contributed by atoms with Crippen molar-refractivity contribution in [3.8, 4) is 0 Å². The molecule has 0 radical (unpaired) electrons. The molecule has 0 aliphatic carbocycles. The van der Waals surface area contributed by atoms with Gasteiger partial charge in [-0.3, -0.25) is 0 Å². The van der Waals surface area contributed by atoms with Gasteiger partial charge in [0.2, 0.25) is 0 Å². The summed E-state index contributed by atoms with van der Waals surface area (Å²) in [5, 5.41) is 0. The van der Waals surface area contributed by atoms with Crippen molar-refractivity contribution in [2.75, 3.05) is 11.9 Å². The molecule has 0 unspecified atom stereocenters. The fraction of sp³-hybridized carbons (Fsp3) is 0.182. The third-order valence-electron chi connectivity index (χ3n) is 2.19. The smallest absolute Gasteiger partial charge is 0.183 e. The minimum Gasteiger partial charge on any atom is -0.369 e. The number of hydrogen-bond donors (Lipinski definition) is 0. The van der Waals surface area contributed by atoms with Crippen LogP contribution in [-0.2, 0) is 6.54 Å². The maximum Gasteiger partial charge on any atom is 0.183 e. The maximum absolute atomic E-state index is 12.7. The number of benzene rings is 1. The standard InChI is InChI=1S/C11H10ClFN2S/c1-15(7-10-6-14-11(12)16-10)9-4-2-8(13)3-5-9/h2-6H,7H2,1H3. The summed E-state index contributed by atoms with van der Waals surface area (Å²) >= 11 is 7.20. The van der Waals surface area contributed by atoms with Gasteiger partial charge in [0.15, 0.2) is 4.47 Å². The number of anilines is 1. The molecule has 0 amide bonds. The highest BCUT2D eigenvalue weighted by Gasteiger charge is 2.05. The van der Waals surface area contributed by atoms with Gasteiger partial charge in [0.1, 0.15) is 5.82 Å². The first-order valence-electron chi connectivity index (χ1n) is 4.72. The summed E-state index contributed by atoms with van der Waals surface area (Å²) in [6, 6.07) is 6.40. The van der Waals surface area contributed by atoms with Crippen molar-refractivity contribution >= 4 is 28.6 Å². The molecule has 2 nitrogen and oxygen atoms in total. The Morgan fingerprint density at radius 2 is 2.06 bits per heavy atom. The zero-order valence-corrected chi connectivity index (χ0v) is 10.2. The van der Waals surface area contributed by atoms with E-state index < -0.39 is 0 Å². The lowest BCUT2D eigenvalue weighted by Crippen LogP contribution is -2.15. The van der Waals surface area contributed by atoms with E-state index in [1.54, 1.807) is 18.3 Å². The van der Waals surface area contributed by atoms with E-state index in [9.17, 15) is 4.39 Å². The minimum atomic E-state index is -0.224. The highest BCUT2D eigenvalue weighted by molar-refractivity contribution is 7.15. The van der Waals surface area contributed by atoms with Crippen LogP contribution in [0.2, 0.25) is 4.47 Å². The lowest BCUT2D eigenvalue weighted by molar-refractivity contribution is 0.627. The topological polar surface area (TPSA) is 16.1 Å². The molecule has 1 aromatic carbocycles. The van der Waals surface area contributed by atoms with Crippen molar-refractivity contribution in [3.05, 3.63) is 45.6 Å². The molecule has 0 aliphatic rings. The number of aromatic nitrogens is 1. The van der Waals surface area contributed by atoms with Crippen molar-refractivity contribution < 1.29 is 4.39 Å². The van der Waals surface area contributed by atoms with Gasteiger partial charge in [-0.1, -0.05) is 11.6 Å². The van der Waals surface area contributed by atoms with Gasteiger partial charge in [-0.15, -0.1) is 11.3 Å². The van der Waals surface area contributed by atoms with E-state index in [-0.39, 0.29) is 5.82 Å². The molecule has 0 atom stereocenters. The summed E-state index contributed by atoms with van der Waals surface area (Å²) in [5.41, 5.74) is 0.964. The number of thiazole rings is 1. The second kappa shape index (κ2) is 4.80. The van der Waals surface area contributed by atoms with E-state index in [1.807, 2.05) is 11.9 Å². The predicted octanol–water partition coefficient (Wildman–Crippen LogP) is 3.57. The highest BCUT2D eigenvalue weighted by atomic mass is 35.5. The van der Waals surface area contributed by atoms with E-state index >= 15 is 0 Å². The Morgan fingerprint density at radius 1 is 1.38 bits per heavy atom. The summed E-state index contributed by atoms with van der Waals surface area (Å²) in [4.78, 5) is 7.07.